The van der Waals surface area contributed by atoms with Gasteiger partial charge in [-0.05, 0) is 24.9 Å². The highest BCUT2D eigenvalue weighted by Crippen LogP contribution is 2.07. The van der Waals surface area contributed by atoms with Crippen molar-refractivity contribution >= 4 is 5.95 Å². The largest absolute Gasteiger partial charge is 0.353 e. The second kappa shape index (κ2) is 6.82. The standard InChI is InChI=1S/C14H25N5/c1-11(2)6-12-7-16-14(17-8-12)18-10-13-9-15-4-5-19(13)3/h7-8,11,13,15H,4-6,9-10H2,1-3H3,(H,16,17,18). The molecule has 0 amide bonds. The molecule has 2 N–H and O–H groups in total. The van der Waals surface area contributed by atoms with Crippen LogP contribution < -0.4 is 10.6 Å². The van der Waals surface area contributed by atoms with Gasteiger partial charge in [-0.1, -0.05) is 13.8 Å². The second-order valence-corrected chi connectivity index (χ2v) is 5.73. The Morgan fingerprint density at radius 3 is 2.79 bits per heavy atom. The molecule has 0 radical (unpaired) electrons. The lowest BCUT2D eigenvalue weighted by molar-refractivity contribution is 0.209. The van der Waals surface area contributed by atoms with E-state index in [4.69, 9.17) is 0 Å². The molecule has 5 nitrogen and oxygen atoms in total. The summed E-state index contributed by atoms with van der Waals surface area (Å²) in [6.45, 7) is 8.49. The predicted molar refractivity (Wildman–Crippen MR) is 78.4 cm³/mol. The lowest BCUT2D eigenvalue weighted by atomic mass is 10.1. The molecule has 5 heteroatoms. The molecule has 1 saturated heterocycles. The number of anilines is 1. The number of rotatable bonds is 5. The Balaban J connectivity index is 1.82. The Morgan fingerprint density at radius 2 is 2.16 bits per heavy atom. The number of hydrogen-bond donors (Lipinski definition) is 2. The highest BCUT2D eigenvalue weighted by molar-refractivity contribution is 5.25. The van der Waals surface area contributed by atoms with Crippen molar-refractivity contribution in [2.24, 2.45) is 5.92 Å². The first-order valence-electron chi connectivity index (χ1n) is 7.11. The molecule has 0 aromatic carbocycles. The zero-order valence-corrected chi connectivity index (χ0v) is 12.2. The van der Waals surface area contributed by atoms with Crippen molar-refractivity contribution in [2.75, 3.05) is 38.5 Å². The van der Waals surface area contributed by atoms with Gasteiger partial charge < -0.3 is 10.6 Å². The average Bonchev–Trinajstić information content (AvgIpc) is 2.39. The lowest BCUT2D eigenvalue weighted by Crippen LogP contribution is -2.52. The van der Waals surface area contributed by atoms with Crippen molar-refractivity contribution in [2.45, 2.75) is 26.3 Å². The Morgan fingerprint density at radius 1 is 1.42 bits per heavy atom. The van der Waals surface area contributed by atoms with Crippen LogP contribution >= 0.6 is 0 Å². The molecule has 1 unspecified atom stereocenters. The van der Waals surface area contributed by atoms with Gasteiger partial charge >= 0.3 is 0 Å². The highest BCUT2D eigenvalue weighted by atomic mass is 15.2. The molecule has 0 spiro atoms. The molecule has 2 heterocycles. The van der Waals surface area contributed by atoms with Gasteiger partial charge in [0.15, 0.2) is 0 Å². The van der Waals surface area contributed by atoms with Crippen molar-refractivity contribution in [3.05, 3.63) is 18.0 Å². The highest BCUT2D eigenvalue weighted by Gasteiger charge is 2.18. The smallest absolute Gasteiger partial charge is 0.222 e. The van der Waals surface area contributed by atoms with Gasteiger partial charge in [0.05, 0.1) is 0 Å². The van der Waals surface area contributed by atoms with Crippen LogP contribution in [0, 0.1) is 5.92 Å². The van der Waals surface area contributed by atoms with Gasteiger partial charge in [0.2, 0.25) is 5.95 Å². The van der Waals surface area contributed by atoms with E-state index in [-0.39, 0.29) is 0 Å². The zero-order valence-electron chi connectivity index (χ0n) is 12.2. The van der Waals surface area contributed by atoms with E-state index in [0.717, 1.165) is 38.5 Å². The molecular formula is C14H25N5. The molecule has 2 rings (SSSR count). The molecule has 1 fully saturated rings. The van der Waals surface area contributed by atoms with E-state index in [1.807, 2.05) is 12.4 Å². The Labute approximate surface area is 115 Å². The molecule has 106 valence electrons. The molecule has 1 aliphatic rings. The molecule has 0 bridgehead atoms. The van der Waals surface area contributed by atoms with Gasteiger partial charge in [-0.25, -0.2) is 9.97 Å². The van der Waals surface area contributed by atoms with Gasteiger partial charge in [-0.3, -0.25) is 4.90 Å². The number of hydrogen-bond acceptors (Lipinski definition) is 5. The van der Waals surface area contributed by atoms with Crippen LogP contribution in [-0.4, -0.2) is 54.1 Å². The van der Waals surface area contributed by atoms with Crippen LogP contribution in [0.1, 0.15) is 19.4 Å². The minimum absolute atomic E-state index is 0.507. The fraction of sp³-hybridized carbons (Fsp3) is 0.714. The second-order valence-electron chi connectivity index (χ2n) is 5.73. The van der Waals surface area contributed by atoms with Crippen LogP contribution in [0.2, 0.25) is 0 Å². The van der Waals surface area contributed by atoms with Crippen LogP contribution in [0.3, 0.4) is 0 Å². The Bertz CT molecular complexity index is 376. The van der Waals surface area contributed by atoms with Crippen molar-refractivity contribution in [1.82, 2.24) is 20.2 Å². The third-order valence-corrected chi connectivity index (χ3v) is 3.49. The summed E-state index contributed by atoms with van der Waals surface area (Å²) in [6.07, 6.45) is 4.89. The maximum Gasteiger partial charge on any atom is 0.222 e. The van der Waals surface area contributed by atoms with E-state index in [9.17, 15) is 0 Å². The molecule has 0 saturated carbocycles. The average molecular weight is 263 g/mol. The topological polar surface area (TPSA) is 53.1 Å². The summed E-state index contributed by atoms with van der Waals surface area (Å²) in [7, 11) is 2.17. The molecule has 1 aliphatic heterocycles. The molecular weight excluding hydrogens is 238 g/mol. The Kier molecular flexibility index (Phi) is 5.10. The van der Waals surface area contributed by atoms with Crippen LogP contribution in [0.15, 0.2) is 12.4 Å². The van der Waals surface area contributed by atoms with Crippen molar-refractivity contribution in [1.29, 1.82) is 0 Å². The van der Waals surface area contributed by atoms with Crippen LogP contribution in [0.25, 0.3) is 0 Å². The van der Waals surface area contributed by atoms with Crippen molar-refractivity contribution in [3.63, 3.8) is 0 Å². The third kappa shape index (κ3) is 4.44. The quantitative estimate of drug-likeness (QED) is 0.830. The third-order valence-electron chi connectivity index (χ3n) is 3.49. The molecule has 1 atom stereocenters. The SMILES string of the molecule is CC(C)Cc1cnc(NCC2CNCCN2C)nc1. The van der Waals surface area contributed by atoms with E-state index in [1.165, 1.54) is 5.56 Å². The minimum atomic E-state index is 0.507. The number of nitrogens with zero attached hydrogens (tertiary/aromatic N) is 3. The predicted octanol–water partition coefficient (Wildman–Crippen LogP) is 0.991. The van der Waals surface area contributed by atoms with Crippen molar-refractivity contribution < 1.29 is 0 Å². The normalized spacial score (nSPS) is 20.7. The maximum absolute atomic E-state index is 4.38. The molecule has 1 aromatic heterocycles. The maximum atomic E-state index is 4.38. The van der Waals surface area contributed by atoms with Crippen molar-refractivity contribution in [3.8, 4) is 0 Å². The zero-order chi connectivity index (χ0) is 13.7. The number of nitrogens with one attached hydrogen (secondary N) is 2. The van der Waals surface area contributed by atoms with Gasteiger partial charge in [0.25, 0.3) is 0 Å². The summed E-state index contributed by atoms with van der Waals surface area (Å²) >= 11 is 0. The summed E-state index contributed by atoms with van der Waals surface area (Å²) < 4.78 is 0. The first-order valence-corrected chi connectivity index (χ1v) is 7.11. The van der Waals surface area contributed by atoms with E-state index in [2.05, 4.69) is 46.4 Å². The van der Waals surface area contributed by atoms with Crippen LogP contribution in [0.5, 0.6) is 0 Å². The van der Waals surface area contributed by atoms with E-state index in [0.29, 0.717) is 12.0 Å². The molecule has 19 heavy (non-hydrogen) atoms. The monoisotopic (exact) mass is 263 g/mol. The first-order chi connectivity index (χ1) is 9.15. The summed E-state index contributed by atoms with van der Waals surface area (Å²) in [5.41, 5.74) is 1.21. The number of aromatic nitrogens is 2. The van der Waals surface area contributed by atoms with E-state index < -0.39 is 0 Å². The molecule has 1 aromatic rings. The fourth-order valence-corrected chi connectivity index (χ4v) is 2.32. The van der Waals surface area contributed by atoms with Gasteiger partial charge in [0, 0.05) is 44.6 Å². The fourth-order valence-electron chi connectivity index (χ4n) is 2.32. The molecule has 0 aliphatic carbocycles. The summed E-state index contributed by atoms with van der Waals surface area (Å²) in [5.74, 6) is 1.37. The van der Waals surface area contributed by atoms with E-state index >= 15 is 0 Å². The Hall–Kier alpha value is -1.20. The van der Waals surface area contributed by atoms with Gasteiger partial charge in [-0.2, -0.15) is 0 Å². The van der Waals surface area contributed by atoms with E-state index in [1.54, 1.807) is 0 Å². The summed E-state index contributed by atoms with van der Waals surface area (Å²) in [5, 5.41) is 6.73. The van der Waals surface area contributed by atoms with Gasteiger partial charge in [-0.15, -0.1) is 0 Å². The van der Waals surface area contributed by atoms with Crippen LogP contribution in [0.4, 0.5) is 5.95 Å². The lowest BCUT2D eigenvalue weighted by Gasteiger charge is -2.33. The summed E-state index contributed by atoms with van der Waals surface area (Å²) in [6, 6.07) is 0.507. The minimum Gasteiger partial charge on any atom is -0.353 e. The first kappa shape index (κ1) is 14.2. The van der Waals surface area contributed by atoms with Crippen LogP contribution in [-0.2, 0) is 6.42 Å². The number of piperazine rings is 1. The number of likely N-dealkylation sites (N-methyl/N-ethyl adjacent to an activating group) is 1. The van der Waals surface area contributed by atoms with Gasteiger partial charge in [0.1, 0.15) is 0 Å². The summed E-state index contributed by atoms with van der Waals surface area (Å²) in [4.78, 5) is 11.1.